The second kappa shape index (κ2) is 8.39. The molecule has 0 aliphatic heterocycles. The molecule has 0 bridgehead atoms. The fourth-order valence-corrected chi connectivity index (χ4v) is 4.17. The Kier molecular flexibility index (Phi) is 5.69. The normalized spacial score (nSPS) is 13.6. The van der Waals surface area contributed by atoms with Gasteiger partial charge in [0.05, 0.1) is 4.88 Å². The molecule has 29 heavy (non-hydrogen) atoms. The van der Waals surface area contributed by atoms with E-state index in [4.69, 9.17) is 11.6 Å². The molecule has 1 heterocycles. The predicted octanol–water partition coefficient (Wildman–Crippen LogP) is 5.91. The van der Waals surface area contributed by atoms with Crippen molar-refractivity contribution in [2.45, 2.75) is 32.2 Å². The molecule has 1 fully saturated rings. The summed E-state index contributed by atoms with van der Waals surface area (Å²) >= 11 is 7.37. The van der Waals surface area contributed by atoms with Crippen LogP contribution in [0.4, 0.5) is 5.69 Å². The van der Waals surface area contributed by atoms with Crippen molar-refractivity contribution in [1.82, 2.24) is 5.32 Å². The minimum atomic E-state index is -0.185. The van der Waals surface area contributed by atoms with E-state index in [9.17, 15) is 9.59 Å². The van der Waals surface area contributed by atoms with Crippen LogP contribution in [0.15, 0.2) is 54.6 Å². The summed E-state index contributed by atoms with van der Waals surface area (Å²) in [6.07, 6.45) is 3.24. The molecule has 2 amide bonds. The second-order valence-electron chi connectivity index (χ2n) is 7.26. The highest BCUT2D eigenvalue weighted by atomic mass is 35.5. The first-order valence-corrected chi connectivity index (χ1v) is 10.8. The number of rotatable bonds is 5. The Labute approximate surface area is 178 Å². The highest BCUT2D eigenvalue weighted by molar-refractivity contribution is 7.17. The van der Waals surface area contributed by atoms with Crippen LogP contribution in [0.1, 0.15) is 44.9 Å². The lowest BCUT2D eigenvalue weighted by molar-refractivity contribution is 0.0916. The van der Waals surface area contributed by atoms with Crippen molar-refractivity contribution in [2.24, 2.45) is 0 Å². The van der Waals surface area contributed by atoms with Gasteiger partial charge in [0.15, 0.2) is 0 Å². The molecule has 0 unspecified atom stereocenters. The summed E-state index contributed by atoms with van der Waals surface area (Å²) in [5.41, 5.74) is 3.14. The van der Waals surface area contributed by atoms with Gasteiger partial charge in [0.1, 0.15) is 0 Å². The molecule has 1 aliphatic rings. The van der Waals surface area contributed by atoms with E-state index in [1.807, 2.05) is 49.4 Å². The molecule has 3 aromatic rings. The van der Waals surface area contributed by atoms with Crippen LogP contribution in [0.5, 0.6) is 0 Å². The third kappa shape index (κ3) is 4.52. The third-order valence-electron chi connectivity index (χ3n) is 5.15. The summed E-state index contributed by atoms with van der Waals surface area (Å²) in [5, 5.41) is 6.66. The molecule has 0 spiro atoms. The largest absolute Gasteiger partial charge is 0.349 e. The maximum Gasteiger partial charge on any atom is 0.265 e. The SMILES string of the molecule is Cc1ccc(C(=O)NC2CCC2)cc1NC(=O)c1ccc(-c2ccc(Cl)cc2)s1. The van der Waals surface area contributed by atoms with Gasteiger partial charge in [-0.1, -0.05) is 29.8 Å². The van der Waals surface area contributed by atoms with E-state index >= 15 is 0 Å². The highest BCUT2D eigenvalue weighted by Gasteiger charge is 2.20. The molecule has 0 radical (unpaired) electrons. The predicted molar refractivity (Wildman–Crippen MR) is 119 cm³/mol. The first kappa shape index (κ1) is 19.7. The lowest BCUT2D eigenvalue weighted by Crippen LogP contribution is -2.39. The van der Waals surface area contributed by atoms with E-state index in [1.165, 1.54) is 17.8 Å². The zero-order valence-electron chi connectivity index (χ0n) is 16.0. The Balaban J connectivity index is 1.48. The van der Waals surface area contributed by atoms with Crippen molar-refractivity contribution in [3.05, 3.63) is 75.6 Å². The van der Waals surface area contributed by atoms with Crippen molar-refractivity contribution < 1.29 is 9.59 Å². The van der Waals surface area contributed by atoms with Gasteiger partial charge < -0.3 is 10.6 Å². The summed E-state index contributed by atoms with van der Waals surface area (Å²) in [6.45, 7) is 1.91. The van der Waals surface area contributed by atoms with Crippen LogP contribution in [0.2, 0.25) is 5.02 Å². The zero-order valence-corrected chi connectivity index (χ0v) is 17.6. The molecular weight excluding hydrogens is 404 g/mol. The number of carbonyl (C=O) groups is 2. The Bertz CT molecular complexity index is 1050. The average molecular weight is 425 g/mol. The highest BCUT2D eigenvalue weighted by Crippen LogP contribution is 2.30. The monoisotopic (exact) mass is 424 g/mol. The summed E-state index contributed by atoms with van der Waals surface area (Å²) in [7, 11) is 0. The number of halogens is 1. The molecular formula is C23H21ClN2O2S. The number of nitrogens with one attached hydrogen (secondary N) is 2. The Morgan fingerprint density at radius 2 is 1.76 bits per heavy atom. The van der Waals surface area contributed by atoms with Crippen LogP contribution in [-0.4, -0.2) is 17.9 Å². The summed E-state index contributed by atoms with van der Waals surface area (Å²) in [5.74, 6) is -0.277. The molecule has 2 aromatic carbocycles. The molecule has 1 aliphatic carbocycles. The number of carbonyl (C=O) groups excluding carboxylic acids is 2. The lowest BCUT2D eigenvalue weighted by atomic mass is 9.93. The van der Waals surface area contributed by atoms with Crippen LogP contribution in [0, 0.1) is 6.92 Å². The molecule has 4 nitrogen and oxygen atoms in total. The van der Waals surface area contributed by atoms with Gasteiger partial charge in [-0.2, -0.15) is 0 Å². The van der Waals surface area contributed by atoms with Gasteiger partial charge in [0, 0.05) is 27.2 Å². The Hall–Kier alpha value is -2.63. The quantitative estimate of drug-likeness (QED) is 0.534. The van der Waals surface area contributed by atoms with Crippen molar-refractivity contribution in [3.8, 4) is 10.4 Å². The first-order valence-electron chi connectivity index (χ1n) is 9.58. The van der Waals surface area contributed by atoms with Gasteiger partial charge in [-0.3, -0.25) is 9.59 Å². The van der Waals surface area contributed by atoms with Crippen LogP contribution in [0.25, 0.3) is 10.4 Å². The van der Waals surface area contributed by atoms with E-state index in [-0.39, 0.29) is 17.9 Å². The number of thiophene rings is 1. The number of anilines is 1. The van der Waals surface area contributed by atoms with Gasteiger partial charge in [-0.05, 0) is 73.7 Å². The Morgan fingerprint density at radius 3 is 2.45 bits per heavy atom. The smallest absolute Gasteiger partial charge is 0.265 e. The number of amides is 2. The minimum absolute atomic E-state index is 0.0913. The first-order chi connectivity index (χ1) is 14.0. The van der Waals surface area contributed by atoms with Crippen LogP contribution < -0.4 is 10.6 Å². The number of benzene rings is 2. The van der Waals surface area contributed by atoms with Crippen LogP contribution in [-0.2, 0) is 0 Å². The average Bonchev–Trinajstić information content (AvgIpc) is 3.17. The van der Waals surface area contributed by atoms with E-state index < -0.39 is 0 Å². The minimum Gasteiger partial charge on any atom is -0.349 e. The van der Waals surface area contributed by atoms with E-state index in [1.54, 1.807) is 12.1 Å². The van der Waals surface area contributed by atoms with Crippen LogP contribution in [0.3, 0.4) is 0 Å². The summed E-state index contributed by atoms with van der Waals surface area (Å²) < 4.78 is 0. The summed E-state index contributed by atoms with van der Waals surface area (Å²) in [4.78, 5) is 26.8. The van der Waals surface area contributed by atoms with Gasteiger partial charge in [0.25, 0.3) is 11.8 Å². The summed E-state index contributed by atoms with van der Waals surface area (Å²) in [6, 6.07) is 17.0. The number of hydrogen-bond acceptors (Lipinski definition) is 3. The molecule has 4 rings (SSSR count). The van der Waals surface area contributed by atoms with Crippen LogP contribution >= 0.6 is 22.9 Å². The van der Waals surface area contributed by atoms with E-state index in [0.29, 0.717) is 21.2 Å². The fourth-order valence-electron chi connectivity index (χ4n) is 3.13. The standard InChI is InChI=1S/C23H21ClN2O2S/c1-14-5-6-16(22(27)25-18-3-2-4-18)13-19(14)26-23(28)21-12-11-20(29-21)15-7-9-17(24)10-8-15/h5-13,18H,2-4H2,1H3,(H,25,27)(H,26,28). The van der Waals surface area contributed by atoms with Gasteiger partial charge in [-0.15, -0.1) is 11.3 Å². The number of hydrogen-bond donors (Lipinski definition) is 2. The van der Waals surface area contributed by atoms with Crippen molar-refractivity contribution in [3.63, 3.8) is 0 Å². The number of aryl methyl sites for hydroxylation is 1. The molecule has 0 saturated heterocycles. The lowest BCUT2D eigenvalue weighted by Gasteiger charge is -2.26. The van der Waals surface area contributed by atoms with Gasteiger partial charge in [0.2, 0.25) is 0 Å². The molecule has 0 atom stereocenters. The maximum atomic E-state index is 12.8. The van der Waals surface area contributed by atoms with Crippen molar-refractivity contribution in [2.75, 3.05) is 5.32 Å². The van der Waals surface area contributed by atoms with Gasteiger partial charge in [-0.25, -0.2) is 0 Å². The zero-order chi connectivity index (χ0) is 20.4. The molecule has 1 saturated carbocycles. The molecule has 148 valence electrons. The van der Waals surface area contributed by atoms with E-state index in [0.717, 1.165) is 28.8 Å². The Morgan fingerprint density at radius 1 is 1.00 bits per heavy atom. The van der Waals surface area contributed by atoms with Crippen molar-refractivity contribution in [1.29, 1.82) is 0 Å². The molecule has 1 aromatic heterocycles. The van der Waals surface area contributed by atoms with E-state index in [2.05, 4.69) is 10.6 Å². The topological polar surface area (TPSA) is 58.2 Å². The second-order valence-corrected chi connectivity index (χ2v) is 8.78. The fraction of sp³-hybridized carbons (Fsp3) is 0.217. The van der Waals surface area contributed by atoms with Crippen molar-refractivity contribution >= 4 is 40.4 Å². The molecule has 6 heteroatoms. The third-order valence-corrected chi connectivity index (χ3v) is 6.53. The van der Waals surface area contributed by atoms with Gasteiger partial charge >= 0.3 is 0 Å². The molecule has 2 N–H and O–H groups in total. The maximum absolute atomic E-state index is 12.8.